The maximum Gasteiger partial charge on any atom is 0.191 e. The van der Waals surface area contributed by atoms with E-state index in [4.69, 9.17) is 4.74 Å². The highest BCUT2D eigenvalue weighted by Gasteiger charge is 2.12. The van der Waals surface area contributed by atoms with Gasteiger partial charge in [0.25, 0.3) is 0 Å². The van der Waals surface area contributed by atoms with Gasteiger partial charge in [0, 0.05) is 45.7 Å². The molecule has 2 aromatic carbocycles. The highest BCUT2D eigenvalue weighted by molar-refractivity contribution is 14.0. The van der Waals surface area contributed by atoms with Gasteiger partial charge < -0.3 is 20.5 Å². The van der Waals surface area contributed by atoms with Crippen molar-refractivity contribution in [1.82, 2.24) is 15.5 Å². The smallest absolute Gasteiger partial charge is 0.191 e. The molecule has 1 heterocycles. The lowest BCUT2D eigenvalue weighted by atomic mass is 10.0. The van der Waals surface area contributed by atoms with Crippen LogP contribution in [0, 0.1) is 0 Å². The molecule has 164 valence electrons. The molecule has 1 aliphatic heterocycles. The van der Waals surface area contributed by atoms with Crippen LogP contribution in [0.5, 0.6) is 0 Å². The third-order valence-electron chi connectivity index (χ3n) is 5.22. The van der Waals surface area contributed by atoms with Gasteiger partial charge in [-0.3, -0.25) is 9.89 Å². The van der Waals surface area contributed by atoms with Crippen molar-refractivity contribution >= 4 is 29.9 Å². The number of hydrogen-bond donors (Lipinski definition) is 3. The minimum Gasteiger partial charge on any atom is -0.396 e. The molecule has 7 heteroatoms. The molecule has 1 atom stereocenters. The predicted molar refractivity (Wildman–Crippen MR) is 132 cm³/mol. The quantitative estimate of drug-likeness (QED) is 0.282. The van der Waals surface area contributed by atoms with Crippen LogP contribution in [0.2, 0.25) is 0 Å². The van der Waals surface area contributed by atoms with E-state index in [9.17, 15) is 5.11 Å². The maximum absolute atomic E-state index is 9.71. The first-order chi connectivity index (χ1) is 14.3. The van der Waals surface area contributed by atoms with Crippen molar-refractivity contribution in [3.63, 3.8) is 0 Å². The van der Waals surface area contributed by atoms with Crippen molar-refractivity contribution in [2.45, 2.75) is 19.0 Å². The number of ether oxygens (including phenoxy) is 1. The molecule has 3 N–H and O–H groups in total. The first-order valence-corrected chi connectivity index (χ1v) is 10.3. The monoisotopic (exact) mass is 524 g/mol. The normalized spacial score (nSPS) is 15.9. The average molecular weight is 524 g/mol. The molecule has 2 aromatic rings. The molecule has 30 heavy (non-hydrogen) atoms. The minimum atomic E-state index is 0. The van der Waals surface area contributed by atoms with Crippen molar-refractivity contribution in [3.05, 3.63) is 71.3 Å². The lowest BCUT2D eigenvalue weighted by Gasteiger charge is -2.26. The summed E-state index contributed by atoms with van der Waals surface area (Å²) >= 11 is 0. The first kappa shape index (κ1) is 24.6. The molecule has 3 rings (SSSR count). The van der Waals surface area contributed by atoms with Crippen molar-refractivity contribution in [2.75, 3.05) is 46.5 Å². The number of aliphatic hydroxyl groups is 1. The molecule has 0 saturated carbocycles. The average Bonchev–Trinajstić information content (AvgIpc) is 2.78. The van der Waals surface area contributed by atoms with Gasteiger partial charge in [-0.2, -0.15) is 0 Å². The zero-order chi connectivity index (χ0) is 20.3. The van der Waals surface area contributed by atoms with E-state index >= 15 is 0 Å². The summed E-state index contributed by atoms with van der Waals surface area (Å²) in [7, 11) is 1.76. The fourth-order valence-corrected chi connectivity index (χ4v) is 3.42. The number of halogens is 1. The van der Waals surface area contributed by atoms with Crippen LogP contribution in [0.25, 0.3) is 0 Å². The maximum atomic E-state index is 9.71. The van der Waals surface area contributed by atoms with Crippen molar-refractivity contribution in [2.24, 2.45) is 4.99 Å². The minimum absolute atomic E-state index is 0. The van der Waals surface area contributed by atoms with Crippen LogP contribution < -0.4 is 10.6 Å². The van der Waals surface area contributed by atoms with Gasteiger partial charge in [0.15, 0.2) is 5.96 Å². The molecule has 1 fully saturated rings. The first-order valence-electron chi connectivity index (χ1n) is 10.3. The van der Waals surface area contributed by atoms with Crippen LogP contribution in [0.4, 0.5) is 0 Å². The predicted octanol–water partition coefficient (Wildman–Crippen LogP) is 2.58. The molecule has 1 unspecified atom stereocenters. The fourth-order valence-electron chi connectivity index (χ4n) is 3.42. The Hall–Kier alpha value is -1.68. The summed E-state index contributed by atoms with van der Waals surface area (Å²) in [5.74, 6) is 0.769. The lowest BCUT2D eigenvalue weighted by Crippen LogP contribution is -2.39. The lowest BCUT2D eigenvalue weighted by molar-refractivity contribution is 0.0342. The zero-order valence-corrected chi connectivity index (χ0v) is 19.9. The van der Waals surface area contributed by atoms with E-state index < -0.39 is 0 Å². The van der Waals surface area contributed by atoms with Crippen LogP contribution >= 0.6 is 24.0 Å². The van der Waals surface area contributed by atoms with E-state index in [1.54, 1.807) is 7.05 Å². The second-order valence-electron chi connectivity index (χ2n) is 7.30. The van der Waals surface area contributed by atoms with Crippen molar-refractivity contribution in [1.29, 1.82) is 0 Å². The largest absolute Gasteiger partial charge is 0.396 e. The Morgan fingerprint density at radius 1 is 1.03 bits per heavy atom. The second-order valence-corrected chi connectivity index (χ2v) is 7.30. The number of hydrogen-bond acceptors (Lipinski definition) is 4. The Morgan fingerprint density at radius 2 is 1.70 bits per heavy atom. The van der Waals surface area contributed by atoms with Crippen LogP contribution in [-0.4, -0.2) is 62.5 Å². The SMILES string of the molecule is CN=C(NCc1ccc(CN2CCOCC2)cc1)NCC(CO)c1ccccc1.I. The number of guanidine groups is 1. The molecule has 6 nitrogen and oxygen atoms in total. The van der Waals surface area contributed by atoms with Gasteiger partial charge in [-0.05, 0) is 16.7 Å². The van der Waals surface area contributed by atoms with Gasteiger partial charge >= 0.3 is 0 Å². The van der Waals surface area contributed by atoms with Crippen LogP contribution in [0.3, 0.4) is 0 Å². The molecular formula is C23H33IN4O2. The topological polar surface area (TPSA) is 69.1 Å². The third-order valence-corrected chi connectivity index (χ3v) is 5.22. The van der Waals surface area contributed by atoms with Crippen LogP contribution in [-0.2, 0) is 17.8 Å². The summed E-state index contributed by atoms with van der Waals surface area (Å²) in [6.45, 7) is 6.06. The number of aliphatic imine (C=N–C) groups is 1. The van der Waals surface area contributed by atoms with Crippen LogP contribution in [0.15, 0.2) is 59.6 Å². The Bertz CT molecular complexity index is 750. The van der Waals surface area contributed by atoms with Gasteiger partial charge in [0.05, 0.1) is 19.8 Å². The molecule has 0 bridgehead atoms. The summed E-state index contributed by atoms with van der Waals surface area (Å²) < 4.78 is 5.41. The van der Waals surface area contributed by atoms with Gasteiger partial charge in [-0.25, -0.2) is 0 Å². The van der Waals surface area contributed by atoms with Gasteiger partial charge in [-0.1, -0.05) is 54.6 Å². The summed E-state index contributed by atoms with van der Waals surface area (Å²) in [6.07, 6.45) is 0. The molecule has 0 aliphatic carbocycles. The van der Waals surface area contributed by atoms with Gasteiger partial charge in [0.1, 0.15) is 0 Å². The summed E-state index contributed by atoms with van der Waals surface area (Å²) in [5.41, 5.74) is 3.65. The summed E-state index contributed by atoms with van der Waals surface area (Å²) in [6, 6.07) is 18.8. The number of aliphatic hydroxyl groups excluding tert-OH is 1. The van der Waals surface area contributed by atoms with E-state index in [2.05, 4.69) is 44.8 Å². The Labute approximate surface area is 196 Å². The summed E-state index contributed by atoms with van der Waals surface area (Å²) in [5, 5.41) is 16.4. The van der Waals surface area contributed by atoms with E-state index in [1.807, 2.05) is 30.3 Å². The van der Waals surface area contributed by atoms with Crippen molar-refractivity contribution < 1.29 is 9.84 Å². The van der Waals surface area contributed by atoms with E-state index in [0.29, 0.717) is 13.1 Å². The number of morpholine rings is 1. The third kappa shape index (κ3) is 7.86. The second kappa shape index (κ2) is 13.6. The molecule has 1 aliphatic rings. The van der Waals surface area contributed by atoms with E-state index in [-0.39, 0.29) is 36.5 Å². The van der Waals surface area contributed by atoms with Gasteiger partial charge in [-0.15, -0.1) is 24.0 Å². The van der Waals surface area contributed by atoms with Crippen molar-refractivity contribution in [3.8, 4) is 0 Å². The zero-order valence-electron chi connectivity index (χ0n) is 17.6. The van der Waals surface area contributed by atoms with E-state index in [1.165, 1.54) is 11.1 Å². The Morgan fingerprint density at radius 3 is 2.33 bits per heavy atom. The number of benzene rings is 2. The molecule has 0 spiro atoms. The number of nitrogens with one attached hydrogen (secondary N) is 2. The molecule has 0 radical (unpaired) electrons. The fraction of sp³-hybridized carbons (Fsp3) is 0.435. The Kier molecular flexibility index (Phi) is 11.1. The standard InChI is InChI=1S/C23H32N4O2.HI/c1-24-23(26-16-22(18-28)21-5-3-2-4-6-21)25-15-19-7-9-20(10-8-19)17-27-11-13-29-14-12-27;/h2-10,22,28H,11-18H2,1H3,(H2,24,25,26);1H. The molecular weight excluding hydrogens is 491 g/mol. The van der Waals surface area contributed by atoms with Crippen LogP contribution in [0.1, 0.15) is 22.6 Å². The molecule has 1 saturated heterocycles. The molecule has 0 amide bonds. The van der Waals surface area contributed by atoms with Gasteiger partial charge in [0.2, 0.25) is 0 Å². The molecule has 0 aromatic heterocycles. The number of rotatable bonds is 8. The number of nitrogens with zero attached hydrogens (tertiary/aromatic N) is 2. The summed E-state index contributed by atoms with van der Waals surface area (Å²) in [4.78, 5) is 6.72. The Balaban J connectivity index is 0.00000320. The van der Waals surface area contributed by atoms with E-state index in [0.717, 1.165) is 44.4 Å². The highest BCUT2D eigenvalue weighted by Crippen LogP contribution is 2.13. The highest BCUT2D eigenvalue weighted by atomic mass is 127.